The van der Waals surface area contributed by atoms with E-state index in [2.05, 4.69) is 4.98 Å². The van der Waals surface area contributed by atoms with E-state index in [1.165, 1.54) is 11.6 Å². The highest BCUT2D eigenvalue weighted by molar-refractivity contribution is 7.71. The number of nitrogens with one attached hydrogen (secondary N) is 1. The highest BCUT2D eigenvalue weighted by Crippen LogP contribution is 1.95. The summed E-state index contributed by atoms with van der Waals surface area (Å²) in [5.41, 5.74) is 0.287. The van der Waals surface area contributed by atoms with E-state index in [4.69, 9.17) is 17.5 Å². The molecule has 0 aliphatic heterocycles. The third kappa shape index (κ3) is 1.17. The smallest absolute Gasteiger partial charge is 0.272 e. The molecule has 0 aliphatic rings. The summed E-state index contributed by atoms with van der Waals surface area (Å²) in [5, 5.41) is 8.60. The van der Waals surface area contributed by atoms with Crippen molar-refractivity contribution >= 4 is 12.2 Å². The van der Waals surface area contributed by atoms with Gasteiger partial charge in [0.25, 0.3) is 5.56 Å². The zero-order chi connectivity index (χ0) is 9.30. The number of rotatable bonds is 0. The number of nitrogens with zero attached hydrogens (tertiary/aromatic N) is 2. The highest BCUT2D eigenvalue weighted by Gasteiger charge is 2.04. The van der Waals surface area contributed by atoms with Gasteiger partial charge in [-0.2, -0.15) is 5.26 Å². The number of aromatic nitrogens is 2. The first-order valence-electron chi connectivity index (χ1n) is 3.28. The van der Waals surface area contributed by atoms with Crippen molar-refractivity contribution in [1.82, 2.24) is 9.55 Å². The predicted octanol–water partition coefficient (Wildman–Crippen LogP) is 0.623. The monoisotopic (exact) mass is 181 g/mol. The number of aryl methyl sites for hydroxylation is 1. The molecule has 0 aromatic carbocycles. The van der Waals surface area contributed by atoms with Gasteiger partial charge in [0.1, 0.15) is 11.6 Å². The molecule has 0 radical (unpaired) electrons. The summed E-state index contributed by atoms with van der Waals surface area (Å²) < 4.78 is 1.57. The number of hydrogen-bond donors (Lipinski definition) is 1. The Kier molecular flexibility index (Phi) is 2.11. The maximum Gasteiger partial charge on any atom is 0.272 e. The minimum absolute atomic E-state index is 0.117. The van der Waals surface area contributed by atoms with Crippen LogP contribution in [0.2, 0.25) is 0 Å². The molecule has 1 N–H and O–H groups in total. The standard InChI is InChI=1S/C7H7N3OS/c1-4-5(3-8)6(11)10(2)7(12)9-4/h1-2H3,(H,9,12). The maximum atomic E-state index is 11.3. The van der Waals surface area contributed by atoms with Gasteiger partial charge in [0.05, 0.1) is 0 Å². The van der Waals surface area contributed by atoms with Crippen molar-refractivity contribution in [3.05, 3.63) is 26.4 Å². The second-order valence-electron chi connectivity index (χ2n) is 2.41. The molecule has 0 atom stereocenters. The van der Waals surface area contributed by atoms with Gasteiger partial charge in [-0.25, -0.2) is 0 Å². The summed E-state index contributed by atoms with van der Waals surface area (Å²) in [6, 6.07) is 1.82. The Morgan fingerprint density at radius 3 is 2.75 bits per heavy atom. The molecule has 0 spiro atoms. The van der Waals surface area contributed by atoms with Gasteiger partial charge in [-0.15, -0.1) is 0 Å². The first-order valence-corrected chi connectivity index (χ1v) is 3.68. The molecular weight excluding hydrogens is 174 g/mol. The van der Waals surface area contributed by atoms with Crippen LogP contribution in [0.15, 0.2) is 4.79 Å². The lowest BCUT2D eigenvalue weighted by Crippen LogP contribution is -2.22. The zero-order valence-corrected chi connectivity index (χ0v) is 7.53. The zero-order valence-electron chi connectivity index (χ0n) is 6.71. The lowest BCUT2D eigenvalue weighted by atomic mass is 10.3. The van der Waals surface area contributed by atoms with Crippen LogP contribution in [0.25, 0.3) is 0 Å². The van der Waals surface area contributed by atoms with Gasteiger partial charge in [-0.3, -0.25) is 9.36 Å². The van der Waals surface area contributed by atoms with E-state index >= 15 is 0 Å². The van der Waals surface area contributed by atoms with Crippen molar-refractivity contribution in [1.29, 1.82) is 5.26 Å². The van der Waals surface area contributed by atoms with E-state index in [9.17, 15) is 4.79 Å². The normalized spacial score (nSPS) is 9.42. The van der Waals surface area contributed by atoms with Crippen LogP contribution < -0.4 is 5.56 Å². The summed E-state index contributed by atoms with van der Waals surface area (Å²) in [6.07, 6.45) is 0. The average Bonchev–Trinajstić information content (AvgIpc) is 2.01. The molecule has 0 amide bonds. The van der Waals surface area contributed by atoms with Gasteiger partial charge in [-0.1, -0.05) is 0 Å². The van der Waals surface area contributed by atoms with Gasteiger partial charge in [0.2, 0.25) is 0 Å². The molecule has 62 valence electrons. The first-order chi connectivity index (χ1) is 5.57. The Labute approximate surface area is 74.1 Å². The third-order valence-electron chi connectivity index (χ3n) is 1.60. The van der Waals surface area contributed by atoms with Crippen LogP contribution in [-0.4, -0.2) is 9.55 Å². The van der Waals surface area contributed by atoms with E-state index in [0.717, 1.165) is 0 Å². The van der Waals surface area contributed by atoms with Crippen molar-refractivity contribution in [2.24, 2.45) is 7.05 Å². The van der Waals surface area contributed by atoms with Crippen molar-refractivity contribution in [2.45, 2.75) is 6.92 Å². The van der Waals surface area contributed by atoms with E-state index in [0.29, 0.717) is 10.5 Å². The van der Waals surface area contributed by atoms with Crippen LogP contribution in [0.3, 0.4) is 0 Å². The Balaban J connectivity index is 3.79. The molecule has 0 saturated heterocycles. The van der Waals surface area contributed by atoms with Gasteiger partial charge < -0.3 is 4.98 Å². The first kappa shape index (κ1) is 8.68. The minimum atomic E-state index is -0.348. The second kappa shape index (κ2) is 2.91. The van der Waals surface area contributed by atoms with Crippen LogP contribution >= 0.6 is 12.2 Å². The lowest BCUT2D eigenvalue weighted by Gasteiger charge is -2.00. The third-order valence-corrected chi connectivity index (χ3v) is 1.98. The predicted molar refractivity (Wildman–Crippen MR) is 46.3 cm³/mol. The van der Waals surface area contributed by atoms with E-state index in [-0.39, 0.29) is 11.1 Å². The number of hydrogen-bond acceptors (Lipinski definition) is 3. The molecule has 0 bridgehead atoms. The molecule has 1 aromatic rings. The molecule has 4 nitrogen and oxygen atoms in total. The Hall–Kier alpha value is -1.41. The quantitative estimate of drug-likeness (QED) is 0.597. The number of H-pyrrole nitrogens is 1. The van der Waals surface area contributed by atoms with Crippen LogP contribution in [0.5, 0.6) is 0 Å². The number of aromatic amines is 1. The van der Waals surface area contributed by atoms with Crippen molar-refractivity contribution in [3.63, 3.8) is 0 Å². The summed E-state index contributed by atoms with van der Waals surface area (Å²) >= 11 is 4.83. The summed E-state index contributed by atoms with van der Waals surface area (Å²) in [5.74, 6) is 0. The molecule has 5 heteroatoms. The van der Waals surface area contributed by atoms with Gasteiger partial charge in [0.15, 0.2) is 4.77 Å². The Morgan fingerprint density at radius 2 is 2.25 bits per heavy atom. The van der Waals surface area contributed by atoms with Crippen LogP contribution in [0.1, 0.15) is 11.3 Å². The molecule has 1 heterocycles. The molecular formula is C7H7N3OS. The fourth-order valence-electron chi connectivity index (χ4n) is 0.859. The molecule has 0 saturated carbocycles. The van der Waals surface area contributed by atoms with E-state index in [1.807, 2.05) is 6.07 Å². The Morgan fingerprint density at radius 1 is 1.67 bits per heavy atom. The van der Waals surface area contributed by atoms with Crippen molar-refractivity contribution < 1.29 is 0 Å². The molecule has 0 fully saturated rings. The van der Waals surface area contributed by atoms with Gasteiger partial charge in [0, 0.05) is 12.7 Å². The molecule has 1 aromatic heterocycles. The lowest BCUT2D eigenvalue weighted by molar-refractivity contribution is 0.790. The van der Waals surface area contributed by atoms with Gasteiger partial charge in [-0.05, 0) is 19.1 Å². The molecule has 1 rings (SSSR count). The van der Waals surface area contributed by atoms with Crippen LogP contribution in [0, 0.1) is 23.0 Å². The van der Waals surface area contributed by atoms with E-state index < -0.39 is 0 Å². The average molecular weight is 181 g/mol. The SMILES string of the molecule is Cc1[nH]c(=S)n(C)c(=O)c1C#N. The van der Waals surface area contributed by atoms with Crippen LogP contribution in [-0.2, 0) is 7.05 Å². The molecule has 0 aliphatic carbocycles. The maximum absolute atomic E-state index is 11.3. The van der Waals surface area contributed by atoms with Gasteiger partial charge >= 0.3 is 0 Å². The summed E-state index contributed by atoms with van der Waals surface area (Å²) in [4.78, 5) is 14.0. The van der Waals surface area contributed by atoms with E-state index in [1.54, 1.807) is 6.92 Å². The number of nitriles is 1. The molecule has 12 heavy (non-hydrogen) atoms. The highest BCUT2D eigenvalue weighted by atomic mass is 32.1. The minimum Gasteiger partial charge on any atom is -0.335 e. The summed E-state index contributed by atoms with van der Waals surface area (Å²) in [7, 11) is 1.53. The fraction of sp³-hybridized carbons (Fsp3) is 0.286. The largest absolute Gasteiger partial charge is 0.335 e. The van der Waals surface area contributed by atoms with Crippen molar-refractivity contribution in [3.8, 4) is 6.07 Å². The molecule has 0 unspecified atom stereocenters. The Bertz CT molecular complexity index is 463. The topological polar surface area (TPSA) is 61.6 Å². The fourth-order valence-corrected chi connectivity index (χ4v) is 1.09. The summed E-state index contributed by atoms with van der Waals surface area (Å²) in [6.45, 7) is 1.65. The second-order valence-corrected chi connectivity index (χ2v) is 2.79. The van der Waals surface area contributed by atoms with Crippen LogP contribution in [0.4, 0.5) is 0 Å². The van der Waals surface area contributed by atoms with Crippen molar-refractivity contribution in [2.75, 3.05) is 0 Å².